The average Bonchev–Trinajstić information content (AvgIpc) is 2.87. The smallest absolute Gasteiger partial charge is 0.336 e. The first-order chi connectivity index (χ1) is 16.4. The van der Waals surface area contributed by atoms with Gasteiger partial charge in [-0.15, -0.1) is 0 Å². The number of hydrogen-bond acceptors (Lipinski definition) is 7. The standard InChI is InChI=1S/C22H31N5O5.C2H6/c1-25-20(28)26(10-16-4-2-6-18(8-16)12-31-14-23)22(30)27(21(25)29)11-17-5-3-7-19(9-17)13-32-15-24;1-2/h16-19H,2-13H2,1H3;1-2H3. The molecule has 188 valence electrons. The van der Waals surface area contributed by atoms with Crippen LogP contribution in [0.2, 0.25) is 0 Å². The van der Waals surface area contributed by atoms with E-state index < -0.39 is 17.1 Å². The van der Waals surface area contributed by atoms with Crippen LogP contribution < -0.4 is 17.1 Å². The fourth-order valence-electron chi connectivity index (χ4n) is 5.33. The molecule has 1 aromatic rings. The van der Waals surface area contributed by atoms with Crippen molar-refractivity contribution in [3.8, 4) is 12.5 Å². The predicted molar refractivity (Wildman–Crippen MR) is 126 cm³/mol. The van der Waals surface area contributed by atoms with Gasteiger partial charge in [-0.1, -0.05) is 26.7 Å². The molecule has 4 unspecified atom stereocenters. The minimum Gasteiger partial charge on any atom is -0.427 e. The minimum absolute atomic E-state index is 0.120. The van der Waals surface area contributed by atoms with Crippen LogP contribution in [0.3, 0.4) is 0 Å². The molecule has 4 atom stereocenters. The van der Waals surface area contributed by atoms with Gasteiger partial charge >= 0.3 is 17.1 Å². The molecule has 10 nitrogen and oxygen atoms in total. The van der Waals surface area contributed by atoms with Crippen molar-refractivity contribution in [2.45, 2.75) is 78.3 Å². The Balaban J connectivity index is 0.00000199. The first-order valence-corrected chi connectivity index (χ1v) is 12.4. The van der Waals surface area contributed by atoms with Gasteiger partial charge in [-0.25, -0.2) is 28.1 Å². The summed E-state index contributed by atoms with van der Waals surface area (Å²) >= 11 is 0. The van der Waals surface area contributed by atoms with Gasteiger partial charge in [0, 0.05) is 20.1 Å². The zero-order valence-electron chi connectivity index (χ0n) is 20.6. The molecule has 10 heteroatoms. The van der Waals surface area contributed by atoms with Crippen LogP contribution in [0.1, 0.15) is 65.2 Å². The molecule has 1 heterocycles. The highest BCUT2D eigenvalue weighted by Gasteiger charge is 2.27. The quantitative estimate of drug-likeness (QED) is 0.527. The molecule has 0 radical (unpaired) electrons. The Morgan fingerprint density at radius 3 is 1.50 bits per heavy atom. The number of rotatable bonds is 8. The van der Waals surface area contributed by atoms with Gasteiger partial charge in [-0.3, -0.25) is 0 Å². The first-order valence-electron chi connectivity index (χ1n) is 12.4. The van der Waals surface area contributed by atoms with Gasteiger partial charge in [-0.2, -0.15) is 10.5 Å². The Labute approximate surface area is 200 Å². The molecule has 0 bridgehead atoms. The molecule has 0 saturated heterocycles. The third kappa shape index (κ3) is 6.99. The molecule has 2 fully saturated rings. The van der Waals surface area contributed by atoms with Crippen molar-refractivity contribution in [1.82, 2.24) is 13.7 Å². The summed E-state index contributed by atoms with van der Waals surface area (Å²) in [7, 11) is 1.41. The van der Waals surface area contributed by atoms with Crippen LogP contribution >= 0.6 is 0 Å². The number of hydrogen-bond donors (Lipinski definition) is 0. The summed E-state index contributed by atoms with van der Waals surface area (Å²) < 4.78 is 13.2. The van der Waals surface area contributed by atoms with E-state index in [1.807, 2.05) is 13.8 Å². The molecule has 2 aliphatic carbocycles. The Hall–Kier alpha value is -3.01. The average molecular weight is 476 g/mol. The lowest BCUT2D eigenvalue weighted by atomic mass is 9.81. The van der Waals surface area contributed by atoms with Crippen molar-refractivity contribution in [2.75, 3.05) is 13.2 Å². The second-order valence-electron chi connectivity index (χ2n) is 9.23. The van der Waals surface area contributed by atoms with Crippen molar-refractivity contribution in [1.29, 1.82) is 10.5 Å². The summed E-state index contributed by atoms with van der Waals surface area (Å²) in [5.41, 5.74) is -1.73. The molecule has 0 aromatic carbocycles. The van der Waals surface area contributed by atoms with Gasteiger partial charge < -0.3 is 9.47 Å². The molecular formula is C24H37N5O5. The molecule has 0 spiro atoms. The molecule has 2 saturated carbocycles. The third-order valence-electron chi connectivity index (χ3n) is 6.93. The summed E-state index contributed by atoms with van der Waals surface area (Å²) in [4.78, 5) is 38.7. The maximum Gasteiger partial charge on any atom is 0.336 e. The maximum atomic E-state index is 13.2. The van der Waals surface area contributed by atoms with Gasteiger partial charge in [0.15, 0.2) is 0 Å². The van der Waals surface area contributed by atoms with Crippen LogP contribution in [-0.4, -0.2) is 26.9 Å². The van der Waals surface area contributed by atoms with Crippen LogP contribution in [0.25, 0.3) is 0 Å². The largest absolute Gasteiger partial charge is 0.427 e. The van der Waals surface area contributed by atoms with Crippen molar-refractivity contribution in [3.05, 3.63) is 31.5 Å². The van der Waals surface area contributed by atoms with E-state index in [1.165, 1.54) is 16.2 Å². The zero-order chi connectivity index (χ0) is 25.1. The molecule has 2 aliphatic rings. The van der Waals surface area contributed by atoms with Crippen LogP contribution in [0.15, 0.2) is 14.4 Å². The predicted octanol–water partition coefficient (Wildman–Crippen LogP) is 2.34. The summed E-state index contributed by atoms with van der Waals surface area (Å²) in [5.74, 6) is 0.700. The molecule has 0 N–H and O–H groups in total. The topological polar surface area (TPSA) is 132 Å². The van der Waals surface area contributed by atoms with E-state index in [0.717, 1.165) is 55.9 Å². The highest BCUT2D eigenvalue weighted by Crippen LogP contribution is 2.31. The van der Waals surface area contributed by atoms with E-state index in [2.05, 4.69) is 0 Å². The van der Waals surface area contributed by atoms with E-state index in [0.29, 0.717) is 13.2 Å². The highest BCUT2D eigenvalue weighted by atomic mass is 16.5. The van der Waals surface area contributed by atoms with Crippen LogP contribution in [0.5, 0.6) is 0 Å². The fourth-order valence-corrected chi connectivity index (χ4v) is 5.33. The van der Waals surface area contributed by atoms with E-state index in [1.54, 1.807) is 12.5 Å². The SMILES string of the molecule is CC.Cn1c(=O)n(CC2CCCC(COC#N)C2)c(=O)n(CC2CCCC(COC#N)C2)c1=O. The third-order valence-corrected chi connectivity index (χ3v) is 6.93. The summed E-state index contributed by atoms with van der Waals surface area (Å²) in [5, 5.41) is 17.3. The number of nitrogens with zero attached hydrogens (tertiary/aromatic N) is 5. The Bertz CT molecular complexity index is 966. The zero-order valence-corrected chi connectivity index (χ0v) is 20.6. The van der Waals surface area contributed by atoms with Crippen LogP contribution in [0, 0.1) is 46.7 Å². The van der Waals surface area contributed by atoms with Crippen LogP contribution in [-0.2, 0) is 29.6 Å². The maximum absolute atomic E-state index is 13.2. The lowest BCUT2D eigenvalue weighted by molar-refractivity contribution is 0.140. The van der Waals surface area contributed by atoms with E-state index in [4.69, 9.17) is 20.0 Å². The number of aromatic nitrogens is 3. The van der Waals surface area contributed by atoms with E-state index >= 15 is 0 Å². The van der Waals surface area contributed by atoms with Crippen molar-refractivity contribution >= 4 is 0 Å². The van der Waals surface area contributed by atoms with Gasteiger partial charge in [0.05, 0.1) is 0 Å². The molecule has 0 aliphatic heterocycles. The van der Waals surface area contributed by atoms with Crippen LogP contribution in [0.4, 0.5) is 0 Å². The van der Waals surface area contributed by atoms with Gasteiger partial charge in [-0.05, 0) is 62.2 Å². The summed E-state index contributed by atoms with van der Waals surface area (Å²) in [6.07, 6.45) is 10.6. The normalized spacial score (nSPS) is 24.1. The second-order valence-corrected chi connectivity index (χ2v) is 9.23. The first kappa shape index (κ1) is 27.2. The lowest BCUT2D eigenvalue weighted by Crippen LogP contribution is -2.55. The Kier molecular flexibility index (Phi) is 10.9. The summed E-state index contributed by atoms with van der Waals surface area (Å²) in [6, 6.07) is 0. The van der Waals surface area contributed by atoms with Crippen molar-refractivity contribution in [2.24, 2.45) is 30.7 Å². The van der Waals surface area contributed by atoms with Crippen molar-refractivity contribution in [3.63, 3.8) is 0 Å². The number of nitriles is 2. The lowest BCUT2D eigenvalue weighted by Gasteiger charge is -2.29. The molecular weight excluding hydrogens is 438 g/mol. The van der Waals surface area contributed by atoms with Gasteiger partial charge in [0.25, 0.3) is 12.5 Å². The molecule has 34 heavy (non-hydrogen) atoms. The minimum atomic E-state index is -0.587. The molecule has 1 aromatic heterocycles. The van der Waals surface area contributed by atoms with E-state index in [9.17, 15) is 14.4 Å². The van der Waals surface area contributed by atoms with Crippen molar-refractivity contribution < 1.29 is 9.47 Å². The monoisotopic (exact) mass is 475 g/mol. The Morgan fingerprint density at radius 1 is 0.735 bits per heavy atom. The highest BCUT2D eigenvalue weighted by molar-refractivity contribution is 4.83. The van der Waals surface area contributed by atoms with E-state index in [-0.39, 0.29) is 36.8 Å². The Morgan fingerprint density at radius 2 is 1.12 bits per heavy atom. The summed E-state index contributed by atoms with van der Waals surface area (Å²) in [6.45, 7) is 5.24. The molecule has 3 rings (SSSR count). The fraction of sp³-hybridized carbons (Fsp3) is 0.792. The second kappa shape index (κ2) is 13.6. The number of ether oxygens (including phenoxy) is 2. The van der Waals surface area contributed by atoms with Gasteiger partial charge in [0.2, 0.25) is 0 Å². The van der Waals surface area contributed by atoms with Gasteiger partial charge in [0.1, 0.15) is 13.2 Å². The molecule has 0 amide bonds.